The Labute approximate surface area is 121 Å². The molecule has 2 rings (SSSR count). The van der Waals surface area contributed by atoms with Gasteiger partial charge in [0.1, 0.15) is 5.75 Å². The number of likely N-dealkylation sites (tertiary alicyclic amines) is 1. The second-order valence-corrected chi connectivity index (χ2v) is 5.53. The summed E-state index contributed by atoms with van der Waals surface area (Å²) in [5.41, 5.74) is 0.784. The van der Waals surface area contributed by atoms with Crippen LogP contribution in [0.5, 0.6) is 5.75 Å². The molecule has 3 nitrogen and oxygen atoms in total. The highest BCUT2D eigenvalue weighted by Crippen LogP contribution is 2.19. The van der Waals surface area contributed by atoms with E-state index in [1.54, 1.807) is 0 Å². The van der Waals surface area contributed by atoms with Crippen LogP contribution in [-0.4, -0.2) is 36.9 Å². The second kappa shape index (κ2) is 7.44. The van der Waals surface area contributed by atoms with E-state index in [9.17, 15) is 4.79 Å². The molecule has 0 spiro atoms. The Bertz CT molecular complexity index is 427. The molecule has 0 aromatic heterocycles. The summed E-state index contributed by atoms with van der Waals surface area (Å²) in [6.45, 7) is 7.52. The maximum atomic E-state index is 12.3. The SMILES string of the molecule is CCOc1ccc(C(=O)CN2CCCC(CC)C2)cc1. The maximum absolute atomic E-state index is 12.3. The zero-order valence-corrected chi connectivity index (χ0v) is 12.6. The zero-order chi connectivity index (χ0) is 14.4. The molecule has 0 bridgehead atoms. The van der Waals surface area contributed by atoms with Gasteiger partial charge >= 0.3 is 0 Å². The van der Waals surface area contributed by atoms with E-state index in [-0.39, 0.29) is 5.78 Å². The number of nitrogens with zero attached hydrogens (tertiary/aromatic N) is 1. The highest BCUT2D eigenvalue weighted by Gasteiger charge is 2.20. The molecule has 1 saturated heterocycles. The number of carbonyl (C=O) groups excluding carboxylic acids is 1. The van der Waals surface area contributed by atoms with Gasteiger partial charge < -0.3 is 4.74 Å². The number of ether oxygens (including phenoxy) is 1. The van der Waals surface area contributed by atoms with Crippen molar-refractivity contribution in [1.29, 1.82) is 0 Å². The summed E-state index contributed by atoms with van der Waals surface area (Å²) in [4.78, 5) is 14.6. The van der Waals surface area contributed by atoms with E-state index in [1.807, 2.05) is 31.2 Å². The molecule has 1 unspecified atom stereocenters. The number of benzene rings is 1. The van der Waals surface area contributed by atoms with Crippen LogP contribution in [0.15, 0.2) is 24.3 Å². The molecule has 3 heteroatoms. The quantitative estimate of drug-likeness (QED) is 0.745. The summed E-state index contributed by atoms with van der Waals surface area (Å²) >= 11 is 0. The molecule has 1 aromatic carbocycles. The molecule has 110 valence electrons. The van der Waals surface area contributed by atoms with Crippen LogP contribution in [-0.2, 0) is 0 Å². The van der Waals surface area contributed by atoms with E-state index in [0.717, 1.165) is 30.3 Å². The first kappa shape index (κ1) is 15.0. The summed E-state index contributed by atoms with van der Waals surface area (Å²) in [6.07, 6.45) is 3.74. The third-order valence-corrected chi connectivity index (χ3v) is 4.03. The van der Waals surface area contributed by atoms with Gasteiger partial charge in [-0.3, -0.25) is 9.69 Å². The molecule has 1 aromatic rings. The number of rotatable bonds is 6. The highest BCUT2D eigenvalue weighted by molar-refractivity contribution is 5.97. The largest absolute Gasteiger partial charge is 0.494 e. The fourth-order valence-electron chi connectivity index (χ4n) is 2.83. The summed E-state index contributed by atoms with van der Waals surface area (Å²) < 4.78 is 5.40. The van der Waals surface area contributed by atoms with Gasteiger partial charge in [0.05, 0.1) is 13.2 Å². The molecule has 0 saturated carbocycles. The predicted octanol–water partition coefficient (Wildman–Crippen LogP) is 3.39. The van der Waals surface area contributed by atoms with Crippen molar-refractivity contribution in [1.82, 2.24) is 4.90 Å². The molecule has 0 radical (unpaired) electrons. The van der Waals surface area contributed by atoms with Gasteiger partial charge in [0.25, 0.3) is 0 Å². The lowest BCUT2D eigenvalue weighted by Crippen LogP contribution is -2.38. The van der Waals surface area contributed by atoms with Crippen LogP contribution < -0.4 is 4.74 Å². The van der Waals surface area contributed by atoms with Crippen LogP contribution >= 0.6 is 0 Å². The lowest BCUT2D eigenvalue weighted by atomic mass is 9.95. The first-order chi connectivity index (χ1) is 9.72. The molecule has 1 atom stereocenters. The number of hydrogen-bond acceptors (Lipinski definition) is 3. The molecule has 1 fully saturated rings. The number of hydrogen-bond donors (Lipinski definition) is 0. The maximum Gasteiger partial charge on any atom is 0.176 e. The van der Waals surface area contributed by atoms with Gasteiger partial charge in [0, 0.05) is 12.1 Å². The monoisotopic (exact) mass is 275 g/mol. The summed E-state index contributed by atoms with van der Waals surface area (Å²) in [5, 5.41) is 0. The van der Waals surface area contributed by atoms with E-state index in [1.165, 1.54) is 19.3 Å². The van der Waals surface area contributed by atoms with Crippen LogP contribution in [0.4, 0.5) is 0 Å². The lowest BCUT2D eigenvalue weighted by molar-refractivity contribution is 0.0884. The smallest absolute Gasteiger partial charge is 0.176 e. The molecule has 0 N–H and O–H groups in total. The fourth-order valence-corrected chi connectivity index (χ4v) is 2.83. The Hall–Kier alpha value is -1.35. The van der Waals surface area contributed by atoms with Crippen LogP contribution in [0, 0.1) is 5.92 Å². The van der Waals surface area contributed by atoms with E-state index in [2.05, 4.69) is 11.8 Å². The molecule has 0 amide bonds. The third-order valence-electron chi connectivity index (χ3n) is 4.03. The van der Waals surface area contributed by atoms with Crippen molar-refractivity contribution in [3.05, 3.63) is 29.8 Å². The normalized spacial score (nSPS) is 19.8. The number of ketones is 1. The minimum absolute atomic E-state index is 0.213. The van der Waals surface area contributed by atoms with Crippen LogP contribution in [0.25, 0.3) is 0 Å². The van der Waals surface area contributed by atoms with Gasteiger partial charge in [0.2, 0.25) is 0 Å². The molecule has 0 aliphatic carbocycles. The van der Waals surface area contributed by atoms with E-state index >= 15 is 0 Å². The topological polar surface area (TPSA) is 29.5 Å². The first-order valence-corrected chi connectivity index (χ1v) is 7.71. The zero-order valence-electron chi connectivity index (χ0n) is 12.6. The van der Waals surface area contributed by atoms with Gasteiger partial charge in [-0.05, 0) is 56.5 Å². The van der Waals surface area contributed by atoms with Crippen molar-refractivity contribution in [3.8, 4) is 5.75 Å². The summed E-state index contributed by atoms with van der Waals surface area (Å²) in [7, 11) is 0. The third kappa shape index (κ3) is 4.07. The van der Waals surface area contributed by atoms with Gasteiger partial charge in [0.15, 0.2) is 5.78 Å². The van der Waals surface area contributed by atoms with Crippen LogP contribution in [0.2, 0.25) is 0 Å². The van der Waals surface area contributed by atoms with E-state index in [0.29, 0.717) is 13.2 Å². The van der Waals surface area contributed by atoms with E-state index in [4.69, 9.17) is 4.74 Å². The van der Waals surface area contributed by atoms with Crippen molar-refractivity contribution < 1.29 is 9.53 Å². The minimum atomic E-state index is 0.213. The molecule has 1 aliphatic rings. The molecular weight excluding hydrogens is 250 g/mol. The standard InChI is InChI=1S/C17H25NO2/c1-3-14-6-5-11-18(12-14)13-17(19)15-7-9-16(10-8-15)20-4-2/h7-10,14H,3-6,11-13H2,1-2H3. The van der Waals surface area contributed by atoms with E-state index < -0.39 is 0 Å². The van der Waals surface area contributed by atoms with Gasteiger partial charge in [-0.2, -0.15) is 0 Å². The number of Topliss-reactive ketones (excluding diaryl/α,β-unsaturated/α-hetero) is 1. The molecule has 1 aliphatic heterocycles. The molecule has 1 heterocycles. The van der Waals surface area contributed by atoms with Gasteiger partial charge in [-0.15, -0.1) is 0 Å². The Morgan fingerprint density at radius 2 is 2.05 bits per heavy atom. The van der Waals surface area contributed by atoms with Crippen molar-refractivity contribution in [2.45, 2.75) is 33.1 Å². The summed E-state index contributed by atoms with van der Waals surface area (Å²) in [6, 6.07) is 7.49. The van der Waals surface area contributed by atoms with Crippen molar-refractivity contribution in [2.24, 2.45) is 5.92 Å². The van der Waals surface area contributed by atoms with Crippen molar-refractivity contribution in [2.75, 3.05) is 26.2 Å². The Morgan fingerprint density at radius 3 is 2.70 bits per heavy atom. The van der Waals surface area contributed by atoms with Gasteiger partial charge in [-0.25, -0.2) is 0 Å². The molecular formula is C17H25NO2. The van der Waals surface area contributed by atoms with Crippen LogP contribution in [0.1, 0.15) is 43.5 Å². The van der Waals surface area contributed by atoms with Crippen molar-refractivity contribution >= 4 is 5.78 Å². The molecule has 20 heavy (non-hydrogen) atoms. The fraction of sp³-hybridized carbons (Fsp3) is 0.588. The summed E-state index contributed by atoms with van der Waals surface area (Å²) in [5.74, 6) is 1.80. The Kier molecular flexibility index (Phi) is 5.60. The van der Waals surface area contributed by atoms with Gasteiger partial charge in [-0.1, -0.05) is 13.3 Å². The Morgan fingerprint density at radius 1 is 1.30 bits per heavy atom. The second-order valence-electron chi connectivity index (χ2n) is 5.53. The lowest BCUT2D eigenvalue weighted by Gasteiger charge is -2.31. The predicted molar refractivity (Wildman–Crippen MR) is 81.4 cm³/mol. The Balaban J connectivity index is 1.90. The minimum Gasteiger partial charge on any atom is -0.494 e. The highest BCUT2D eigenvalue weighted by atomic mass is 16.5. The number of piperidine rings is 1. The van der Waals surface area contributed by atoms with Crippen molar-refractivity contribution in [3.63, 3.8) is 0 Å². The first-order valence-electron chi connectivity index (χ1n) is 7.71. The average Bonchev–Trinajstić information content (AvgIpc) is 2.48. The van der Waals surface area contributed by atoms with Crippen LogP contribution in [0.3, 0.4) is 0 Å². The number of carbonyl (C=O) groups is 1. The average molecular weight is 275 g/mol.